The lowest BCUT2D eigenvalue weighted by Crippen LogP contribution is -2.42. The first-order valence-electron chi connectivity index (χ1n) is 7.36. The quantitative estimate of drug-likeness (QED) is 0.734. The van der Waals surface area contributed by atoms with Gasteiger partial charge in [-0.25, -0.2) is 0 Å². The number of fused-ring (bicyclic) bond motifs is 2. The molecule has 4 heteroatoms. The normalized spacial score (nSPS) is 40.2. The van der Waals surface area contributed by atoms with E-state index < -0.39 is 0 Å². The number of carbonyl (C=O) groups is 2. The largest absolute Gasteiger partial charge is 0.466 e. The summed E-state index contributed by atoms with van der Waals surface area (Å²) in [6.07, 6.45) is 0.954. The molecule has 2 aliphatic carbocycles. The Morgan fingerprint density at radius 2 is 1.26 bits per heavy atom. The molecule has 0 amide bonds. The molecule has 19 heavy (non-hydrogen) atoms. The summed E-state index contributed by atoms with van der Waals surface area (Å²) in [6, 6.07) is 0. The number of esters is 2. The van der Waals surface area contributed by atoms with Gasteiger partial charge in [-0.15, -0.1) is 0 Å². The average molecular weight is 268 g/mol. The van der Waals surface area contributed by atoms with Gasteiger partial charge in [-0.1, -0.05) is 13.8 Å². The molecule has 2 aliphatic rings. The van der Waals surface area contributed by atoms with E-state index in [9.17, 15) is 9.59 Å². The third-order valence-corrected chi connectivity index (χ3v) is 5.15. The van der Waals surface area contributed by atoms with E-state index in [1.54, 1.807) is 13.8 Å². The maximum absolute atomic E-state index is 12.2. The Labute approximate surface area is 114 Å². The second-order valence-electron chi connectivity index (χ2n) is 5.84. The summed E-state index contributed by atoms with van der Waals surface area (Å²) in [6.45, 7) is 8.71. The van der Waals surface area contributed by atoms with E-state index >= 15 is 0 Å². The van der Waals surface area contributed by atoms with Gasteiger partial charge in [0.15, 0.2) is 0 Å². The number of rotatable bonds is 4. The van der Waals surface area contributed by atoms with Gasteiger partial charge in [0.05, 0.1) is 25.0 Å². The second-order valence-corrected chi connectivity index (χ2v) is 5.84. The zero-order chi connectivity index (χ0) is 14.2. The molecule has 0 aromatic heterocycles. The molecular formula is C15H24O4. The van der Waals surface area contributed by atoms with Crippen LogP contribution in [-0.2, 0) is 19.1 Å². The molecule has 2 fully saturated rings. The molecule has 0 aliphatic heterocycles. The molecule has 0 aromatic carbocycles. The molecule has 0 spiro atoms. The van der Waals surface area contributed by atoms with Crippen LogP contribution in [0.1, 0.15) is 34.1 Å². The highest BCUT2D eigenvalue weighted by Gasteiger charge is 2.60. The summed E-state index contributed by atoms with van der Waals surface area (Å²) in [5.41, 5.74) is 0. The molecule has 0 heterocycles. The highest BCUT2D eigenvalue weighted by molar-refractivity contribution is 5.84. The molecule has 2 bridgehead atoms. The third kappa shape index (κ3) is 2.26. The van der Waals surface area contributed by atoms with Crippen LogP contribution < -0.4 is 0 Å². The van der Waals surface area contributed by atoms with Crippen molar-refractivity contribution in [1.82, 2.24) is 0 Å². The molecule has 0 radical (unpaired) electrons. The van der Waals surface area contributed by atoms with Gasteiger partial charge < -0.3 is 9.47 Å². The van der Waals surface area contributed by atoms with Gasteiger partial charge >= 0.3 is 11.9 Å². The summed E-state index contributed by atoms with van der Waals surface area (Å²) in [7, 11) is 0. The SMILES string of the molecule is CCOC(=O)[C@@H]1[C@@H]2C[C@@H]([C@H](C)[C@@H]2C)[C@H]1C(=O)OCC. The lowest BCUT2D eigenvalue weighted by atomic mass is 9.69. The molecule has 108 valence electrons. The standard InChI is InChI=1S/C15H24O4/c1-5-18-14(16)12-10-7-11(9(4)8(10)3)13(12)15(17)19-6-2/h8-13H,5-7H2,1-4H3/t8-,9+,10+,11-,12-,13-/m1/s1. The minimum atomic E-state index is -0.296. The smallest absolute Gasteiger partial charge is 0.310 e. The Balaban J connectivity index is 2.22. The Hall–Kier alpha value is -1.06. The molecule has 4 nitrogen and oxygen atoms in total. The first kappa shape index (κ1) is 14.4. The Morgan fingerprint density at radius 1 is 0.895 bits per heavy atom. The lowest BCUT2D eigenvalue weighted by Gasteiger charge is -2.35. The maximum Gasteiger partial charge on any atom is 0.310 e. The predicted octanol–water partition coefficient (Wildman–Crippen LogP) is 2.27. The van der Waals surface area contributed by atoms with E-state index in [4.69, 9.17) is 9.47 Å². The zero-order valence-corrected chi connectivity index (χ0v) is 12.2. The topological polar surface area (TPSA) is 52.6 Å². The number of ether oxygens (including phenoxy) is 2. The van der Waals surface area contributed by atoms with Crippen molar-refractivity contribution in [2.75, 3.05) is 13.2 Å². The fraction of sp³-hybridized carbons (Fsp3) is 0.867. The highest BCUT2D eigenvalue weighted by Crippen LogP contribution is 2.58. The van der Waals surface area contributed by atoms with E-state index in [2.05, 4.69) is 13.8 Å². The zero-order valence-electron chi connectivity index (χ0n) is 12.2. The molecule has 0 aromatic rings. The van der Waals surface area contributed by atoms with Crippen LogP contribution in [0.3, 0.4) is 0 Å². The van der Waals surface area contributed by atoms with Crippen LogP contribution in [0.5, 0.6) is 0 Å². The first-order valence-corrected chi connectivity index (χ1v) is 7.36. The van der Waals surface area contributed by atoms with Crippen LogP contribution in [0, 0.1) is 35.5 Å². The number of carbonyl (C=O) groups excluding carboxylic acids is 2. The van der Waals surface area contributed by atoms with Crippen LogP contribution in [0.2, 0.25) is 0 Å². The van der Waals surface area contributed by atoms with Crippen molar-refractivity contribution in [3.05, 3.63) is 0 Å². The molecule has 0 N–H and O–H groups in total. The van der Waals surface area contributed by atoms with Crippen molar-refractivity contribution in [3.63, 3.8) is 0 Å². The van der Waals surface area contributed by atoms with Crippen LogP contribution in [0.15, 0.2) is 0 Å². The Kier molecular flexibility index (Phi) is 4.16. The van der Waals surface area contributed by atoms with E-state index in [1.807, 2.05) is 0 Å². The maximum atomic E-state index is 12.2. The Bertz CT molecular complexity index is 331. The van der Waals surface area contributed by atoms with E-state index in [1.165, 1.54) is 0 Å². The minimum absolute atomic E-state index is 0.216. The molecule has 2 saturated carbocycles. The summed E-state index contributed by atoms with van der Waals surface area (Å²) in [5.74, 6) is 0.473. The van der Waals surface area contributed by atoms with Crippen LogP contribution in [0.25, 0.3) is 0 Å². The van der Waals surface area contributed by atoms with Crippen molar-refractivity contribution in [1.29, 1.82) is 0 Å². The average Bonchev–Trinajstić information content (AvgIpc) is 2.88. The molecule has 0 unspecified atom stereocenters. The van der Waals surface area contributed by atoms with Crippen molar-refractivity contribution in [2.24, 2.45) is 35.5 Å². The van der Waals surface area contributed by atoms with Crippen LogP contribution in [-0.4, -0.2) is 25.2 Å². The lowest BCUT2D eigenvalue weighted by molar-refractivity contribution is -0.165. The van der Waals surface area contributed by atoms with Gasteiger partial charge in [0.2, 0.25) is 0 Å². The second kappa shape index (κ2) is 5.51. The molecule has 2 rings (SSSR count). The van der Waals surface area contributed by atoms with Gasteiger partial charge in [-0.3, -0.25) is 9.59 Å². The van der Waals surface area contributed by atoms with Crippen molar-refractivity contribution < 1.29 is 19.1 Å². The van der Waals surface area contributed by atoms with Gasteiger partial charge in [-0.2, -0.15) is 0 Å². The fourth-order valence-corrected chi connectivity index (χ4v) is 4.12. The van der Waals surface area contributed by atoms with E-state index in [0.717, 1.165) is 6.42 Å². The van der Waals surface area contributed by atoms with Gasteiger partial charge in [0, 0.05) is 0 Å². The van der Waals surface area contributed by atoms with Gasteiger partial charge in [-0.05, 0) is 43.9 Å². The summed E-state index contributed by atoms with van der Waals surface area (Å²) in [4.78, 5) is 24.4. The number of hydrogen-bond donors (Lipinski definition) is 0. The van der Waals surface area contributed by atoms with Crippen LogP contribution >= 0.6 is 0 Å². The fourth-order valence-electron chi connectivity index (χ4n) is 4.12. The van der Waals surface area contributed by atoms with E-state index in [0.29, 0.717) is 25.0 Å². The van der Waals surface area contributed by atoms with Crippen molar-refractivity contribution >= 4 is 11.9 Å². The molecular weight excluding hydrogens is 244 g/mol. The first-order chi connectivity index (χ1) is 9.02. The molecule has 0 saturated heterocycles. The van der Waals surface area contributed by atoms with Crippen molar-refractivity contribution in [2.45, 2.75) is 34.1 Å². The minimum Gasteiger partial charge on any atom is -0.466 e. The summed E-state index contributed by atoms with van der Waals surface area (Å²) in [5, 5.41) is 0. The highest BCUT2D eigenvalue weighted by atomic mass is 16.5. The van der Waals surface area contributed by atoms with Crippen molar-refractivity contribution in [3.8, 4) is 0 Å². The van der Waals surface area contributed by atoms with Gasteiger partial charge in [0.25, 0.3) is 0 Å². The van der Waals surface area contributed by atoms with E-state index in [-0.39, 0.29) is 35.6 Å². The molecule has 6 atom stereocenters. The van der Waals surface area contributed by atoms with Crippen LogP contribution in [0.4, 0.5) is 0 Å². The summed E-state index contributed by atoms with van der Waals surface area (Å²) >= 11 is 0. The van der Waals surface area contributed by atoms with Gasteiger partial charge in [0.1, 0.15) is 0 Å². The predicted molar refractivity (Wildman–Crippen MR) is 70.2 cm³/mol. The monoisotopic (exact) mass is 268 g/mol. The third-order valence-electron chi connectivity index (χ3n) is 5.15. The number of hydrogen-bond acceptors (Lipinski definition) is 4. The Morgan fingerprint density at radius 3 is 1.58 bits per heavy atom. The summed E-state index contributed by atoms with van der Waals surface area (Å²) < 4.78 is 10.3.